The second kappa shape index (κ2) is 8.44. The number of anilines is 2. The van der Waals surface area contributed by atoms with Gasteiger partial charge in [-0.3, -0.25) is 14.5 Å². The number of hydrogen-bond acceptors (Lipinski definition) is 5. The molecule has 2 heterocycles. The van der Waals surface area contributed by atoms with Gasteiger partial charge in [0.2, 0.25) is 5.91 Å². The molecule has 0 unspecified atom stereocenters. The molecule has 1 aromatic heterocycles. The van der Waals surface area contributed by atoms with E-state index in [2.05, 4.69) is 25.4 Å². The zero-order valence-corrected chi connectivity index (χ0v) is 14.8. The highest BCUT2D eigenvalue weighted by atomic mass is 16.2. The summed E-state index contributed by atoms with van der Waals surface area (Å²) in [6.07, 6.45) is 1.79. The molecule has 1 aliphatic heterocycles. The van der Waals surface area contributed by atoms with Gasteiger partial charge < -0.3 is 15.5 Å². The van der Waals surface area contributed by atoms with Crippen LogP contribution in [0.5, 0.6) is 0 Å². The third kappa shape index (κ3) is 4.58. The van der Waals surface area contributed by atoms with Crippen LogP contribution in [0.4, 0.5) is 11.5 Å². The molecule has 1 aromatic carbocycles. The van der Waals surface area contributed by atoms with Crippen LogP contribution in [0, 0.1) is 0 Å². The maximum Gasteiger partial charge on any atom is 0.251 e. The van der Waals surface area contributed by atoms with Gasteiger partial charge in [-0.05, 0) is 30.3 Å². The zero-order chi connectivity index (χ0) is 18.4. The van der Waals surface area contributed by atoms with Crippen molar-refractivity contribution in [1.82, 2.24) is 15.2 Å². The van der Waals surface area contributed by atoms with E-state index in [1.54, 1.807) is 37.5 Å². The van der Waals surface area contributed by atoms with Crippen LogP contribution in [0.3, 0.4) is 0 Å². The predicted octanol–water partition coefficient (Wildman–Crippen LogP) is 1.20. The minimum Gasteiger partial charge on any atom is -0.355 e. The third-order valence-corrected chi connectivity index (χ3v) is 4.35. The Bertz CT molecular complexity index is 758. The van der Waals surface area contributed by atoms with Crippen molar-refractivity contribution in [3.63, 3.8) is 0 Å². The molecule has 0 radical (unpaired) electrons. The van der Waals surface area contributed by atoms with Crippen LogP contribution in [0.25, 0.3) is 0 Å². The van der Waals surface area contributed by atoms with Crippen LogP contribution in [0.1, 0.15) is 10.4 Å². The summed E-state index contributed by atoms with van der Waals surface area (Å²) >= 11 is 0. The number of benzene rings is 1. The quantitative estimate of drug-likeness (QED) is 0.845. The Morgan fingerprint density at radius 2 is 1.88 bits per heavy atom. The number of carbonyl (C=O) groups is 2. The van der Waals surface area contributed by atoms with Crippen molar-refractivity contribution in [3.8, 4) is 0 Å². The monoisotopic (exact) mass is 353 g/mol. The molecule has 0 saturated carbocycles. The summed E-state index contributed by atoms with van der Waals surface area (Å²) in [5, 5.41) is 5.44. The van der Waals surface area contributed by atoms with Crippen molar-refractivity contribution in [2.45, 2.75) is 0 Å². The molecule has 136 valence electrons. The van der Waals surface area contributed by atoms with E-state index in [-0.39, 0.29) is 11.8 Å². The van der Waals surface area contributed by atoms with Gasteiger partial charge in [-0.2, -0.15) is 0 Å². The number of rotatable bonds is 5. The minimum atomic E-state index is -0.174. The Kier molecular flexibility index (Phi) is 5.80. The molecule has 0 aliphatic carbocycles. The Balaban J connectivity index is 1.50. The Labute approximate surface area is 153 Å². The Morgan fingerprint density at radius 3 is 2.58 bits per heavy atom. The van der Waals surface area contributed by atoms with Crippen LogP contribution in [-0.2, 0) is 4.79 Å². The zero-order valence-electron chi connectivity index (χ0n) is 14.8. The molecule has 2 aromatic rings. The first-order valence-electron chi connectivity index (χ1n) is 8.66. The van der Waals surface area contributed by atoms with Gasteiger partial charge in [0.25, 0.3) is 5.91 Å². The molecule has 2 amide bonds. The van der Waals surface area contributed by atoms with Crippen molar-refractivity contribution >= 4 is 23.3 Å². The first kappa shape index (κ1) is 17.9. The summed E-state index contributed by atoms with van der Waals surface area (Å²) in [6.45, 7) is 3.64. The Morgan fingerprint density at radius 1 is 1.08 bits per heavy atom. The molecule has 0 atom stereocenters. The summed E-state index contributed by atoms with van der Waals surface area (Å²) in [7, 11) is 1.58. The lowest BCUT2D eigenvalue weighted by Gasteiger charge is -2.34. The maximum absolute atomic E-state index is 12.3. The fraction of sp³-hybridized carbons (Fsp3) is 0.316. The molecule has 3 rings (SSSR count). The highest BCUT2D eigenvalue weighted by Crippen LogP contribution is 2.13. The van der Waals surface area contributed by atoms with Gasteiger partial charge in [0.05, 0.1) is 6.54 Å². The Hall–Kier alpha value is -2.93. The molecule has 0 spiro atoms. The first-order chi connectivity index (χ1) is 12.7. The number of nitrogens with one attached hydrogen (secondary N) is 2. The lowest BCUT2D eigenvalue weighted by Crippen LogP contribution is -2.48. The highest BCUT2D eigenvalue weighted by Gasteiger charge is 2.19. The predicted molar refractivity (Wildman–Crippen MR) is 101 cm³/mol. The van der Waals surface area contributed by atoms with Gasteiger partial charge in [0.1, 0.15) is 5.82 Å². The van der Waals surface area contributed by atoms with Gasteiger partial charge in [0, 0.05) is 50.7 Å². The highest BCUT2D eigenvalue weighted by molar-refractivity contribution is 5.97. The van der Waals surface area contributed by atoms with Crippen LogP contribution >= 0.6 is 0 Å². The number of carbonyl (C=O) groups excluding carboxylic acids is 2. The average molecular weight is 353 g/mol. The number of pyridine rings is 1. The molecular formula is C19H23N5O2. The molecule has 0 bridgehead atoms. The minimum absolute atomic E-state index is 0.0784. The van der Waals surface area contributed by atoms with E-state index in [9.17, 15) is 9.59 Å². The van der Waals surface area contributed by atoms with E-state index in [0.29, 0.717) is 17.8 Å². The number of hydrogen-bond donors (Lipinski definition) is 2. The normalized spacial score (nSPS) is 14.7. The van der Waals surface area contributed by atoms with Gasteiger partial charge in [-0.15, -0.1) is 0 Å². The van der Waals surface area contributed by atoms with Crippen molar-refractivity contribution in [2.75, 3.05) is 50.0 Å². The first-order valence-corrected chi connectivity index (χ1v) is 8.66. The SMILES string of the molecule is CNC(=O)c1cccc(NC(=O)CN2CCN(c3ccccn3)CC2)c1. The van der Waals surface area contributed by atoms with E-state index in [4.69, 9.17) is 0 Å². The summed E-state index contributed by atoms with van der Waals surface area (Å²) in [6, 6.07) is 12.8. The van der Waals surface area contributed by atoms with E-state index >= 15 is 0 Å². The number of aromatic nitrogens is 1. The van der Waals surface area contributed by atoms with Crippen LogP contribution in [0.15, 0.2) is 48.7 Å². The second-order valence-corrected chi connectivity index (χ2v) is 6.16. The molecule has 2 N–H and O–H groups in total. The van der Waals surface area contributed by atoms with E-state index in [1.807, 2.05) is 18.2 Å². The van der Waals surface area contributed by atoms with E-state index in [1.165, 1.54) is 0 Å². The number of nitrogens with zero attached hydrogens (tertiary/aromatic N) is 3. The van der Waals surface area contributed by atoms with Crippen LogP contribution in [-0.4, -0.2) is 61.5 Å². The summed E-state index contributed by atoms with van der Waals surface area (Å²) in [5.74, 6) is 0.722. The maximum atomic E-state index is 12.3. The summed E-state index contributed by atoms with van der Waals surface area (Å²) in [5.41, 5.74) is 1.15. The second-order valence-electron chi connectivity index (χ2n) is 6.16. The van der Waals surface area contributed by atoms with Gasteiger partial charge >= 0.3 is 0 Å². The van der Waals surface area contributed by atoms with Crippen molar-refractivity contribution in [2.24, 2.45) is 0 Å². The lowest BCUT2D eigenvalue weighted by atomic mass is 10.2. The fourth-order valence-electron chi connectivity index (χ4n) is 2.96. The standard InChI is InChI=1S/C19H23N5O2/c1-20-19(26)15-5-4-6-16(13-15)22-18(25)14-23-9-11-24(12-10-23)17-7-2-3-8-21-17/h2-8,13H,9-12,14H2,1H3,(H,20,26)(H,22,25). The molecule has 1 saturated heterocycles. The van der Waals surface area contributed by atoms with Crippen LogP contribution < -0.4 is 15.5 Å². The summed E-state index contributed by atoms with van der Waals surface area (Å²) in [4.78, 5) is 32.7. The number of piperazine rings is 1. The summed E-state index contributed by atoms with van der Waals surface area (Å²) < 4.78 is 0. The fourth-order valence-corrected chi connectivity index (χ4v) is 2.96. The van der Waals surface area contributed by atoms with E-state index in [0.717, 1.165) is 32.0 Å². The van der Waals surface area contributed by atoms with Gasteiger partial charge in [-0.25, -0.2) is 4.98 Å². The van der Waals surface area contributed by atoms with Crippen molar-refractivity contribution < 1.29 is 9.59 Å². The molecule has 7 nitrogen and oxygen atoms in total. The van der Waals surface area contributed by atoms with Gasteiger partial charge in [0.15, 0.2) is 0 Å². The molecular weight excluding hydrogens is 330 g/mol. The molecule has 7 heteroatoms. The smallest absolute Gasteiger partial charge is 0.251 e. The largest absolute Gasteiger partial charge is 0.355 e. The van der Waals surface area contributed by atoms with Gasteiger partial charge in [-0.1, -0.05) is 12.1 Å². The topological polar surface area (TPSA) is 77.6 Å². The average Bonchev–Trinajstić information content (AvgIpc) is 2.68. The van der Waals surface area contributed by atoms with Crippen LogP contribution in [0.2, 0.25) is 0 Å². The van der Waals surface area contributed by atoms with E-state index < -0.39 is 0 Å². The van der Waals surface area contributed by atoms with Crippen molar-refractivity contribution in [3.05, 3.63) is 54.2 Å². The lowest BCUT2D eigenvalue weighted by molar-refractivity contribution is -0.117. The molecule has 1 aliphatic rings. The van der Waals surface area contributed by atoms with Crippen molar-refractivity contribution in [1.29, 1.82) is 0 Å². The molecule has 1 fully saturated rings. The number of amides is 2. The molecule has 26 heavy (non-hydrogen) atoms. The third-order valence-electron chi connectivity index (χ3n) is 4.35.